The lowest BCUT2D eigenvalue weighted by atomic mass is 10.1. The van der Waals surface area contributed by atoms with E-state index in [-0.39, 0.29) is 31.3 Å². The minimum absolute atomic E-state index is 0. The molecule has 0 bridgehead atoms. The van der Waals surface area contributed by atoms with Crippen molar-refractivity contribution in [2.45, 2.75) is 92.2 Å². The van der Waals surface area contributed by atoms with Crippen LogP contribution in [0.25, 0.3) is 0 Å². The molecule has 0 rings (SSSR count). The highest BCUT2D eigenvalue weighted by Crippen LogP contribution is 2.07. The topological polar surface area (TPSA) is 58.2 Å². The summed E-state index contributed by atoms with van der Waals surface area (Å²) >= 11 is 0. The van der Waals surface area contributed by atoms with Gasteiger partial charge < -0.3 is 10.6 Å². The molecular weight excluding hydrogens is 252 g/mol. The maximum atomic E-state index is 11.4. The molecule has 0 aliphatic heterocycles. The van der Waals surface area contributed by atoms with Crippen molar-refractivity contribution in [3.63, 3.8) is 0 Å². The SMILES string of the molecule is C.CC(C)NC(=O)CCCCCCCC(=O)NC(C)C. The molecule has 2 amide bonds. The van der Waals surface area contributed by atoms with Gasteiger partial charge in [-0.3, -0.25) is 9.59 Å². The highest BCUT2D eigenvalue weighted by Gasteiger charge is 2.04. The molecule has 0 aromatic rings. The predicted octanol–water partition coefficient (Wildman–Crippen LogP) is 3.40. The van der Waals surface area contributed by atoms with E-state index in [0.717, 1.165) is 32.1 Å². The average molecular weight is 286 g/mol. The van der Waals surface area contributed by atoms with Gasteiger partial charge in [-0.25, -0.2) is 0 Å². The minimum atomic E-state index is 0. The first-order chi connectivity index (χ1) is 8.91. The number of unbranched alkanes of at least 4 members (excludes halogenated alkanes) is 4. The van der Waals surface area contributed by atoms with E-state index in [2.05, 4.69) is 10.6 Å². The zero-order valence-corrected chi connectivity index (χ0v) is 12.9. The smallest absolute Gasteiger partial charge is 0.220 e. The largest absolute Gasteiger partial charge is 0.354 e. The number of hydrogen-bond acceptors (Lipinski definition) is 2. The third-order valence-electron chi connectivity index (χ3n) is 2.71. The van der Waals surface area contributed by atoms with Gasteiger partial charge in [0.05, 0.1) is 0 Å². The third kappa shape index (κ3) is 15.0. The Bertz CT molecular complexity index is 237. The van der Waals surface area contributed by atoms with E-state index in [1.165, 1.54) is 0 Å². The lowest BCUT2D eigenvalue weighted by Crippen LogP contribution is -2.29. The molecule has 0 aromatic heterocycles. The van der Waals surface area contributed by atoms with Crippen LogP contribution < -0.4 is 10.6 Å². The first-order valence-corrected chi connectivity index (χ1v) is 7.50. The molecule has 0 saturated heterocycles. The van der Waals surface area contributed by atoms with E-state index in [9.17, 15) is 9.59 Å². The van der Waals surface area contributed by atoms with Crippen LogP contribution in [0.4, 0.5) is 0 Å². The molecule has 0 heterocycles. The van der Waals surface area contributed by atoms with Gasteiger partial charge in [-0.15, -0.1) is 0 Å². The van der Waals surface area contributed by atoms with E-state index >= 15 is 0 Å². The summed E-state index contributed by atoms with van der Waals surface area (Å²) in [5, 5.41) is 5.77. The fourth-order valence-corrected chi connectivity index (χ4v) is 1.89. The summed E-state index contributed by atoms with van der Waals surface area (Å²) in [6.07, 6.45) is 6.35. The fourth-order valence-electron chi connectivity index (χ4n) is 1.89. The highest BCUT2D eigenvalue weighted by atomic mass is 16.2. The monoisotopic (exact) mass is 286 g/mol. The molecule has 0 spiro atoms. The normalized spacial score (nSPS) is 10.3. The van der Waals surface area contributed by atoms with E-state index in [0.29, 0.717) is 12.8 Å². The molecule has 0 fully saturated rings. The summed E-state index contributed by atoms with van der Waals surface area (Å²) in [5.74, 6) is 0.289. The Labute approximate surface area is 125 Å². The number of amides is 2. The molecular formula is C16H34N2O2. The van der Waals surface area contributed by atoms with Crippen molar-refractivity contribution in [2.75, 3.05) is 0 Å². The van der Waals surface area contributed by atoms with Crippen LogP contribution in [0.5, 0.6) is 0 Å². The summed E-state index contributed by atoms with van der Waals surface area (Å²) in [5.41, 5.74) is 0. The number of hydrogen-bond donors (Lipinski definition) is 2. The van der Waals surface area contributed by atoms with Gasteiger partial charge in [0.25, 0.3) is 0 Å². The van der Waals surface area contributed by atoms with Crippen molar-refractivity contribution in [2.24, 2.45) is 0 Å². The molecule has 0 atom stereocenters. The predicted molar refractivity (Wildman–Crippen MR) is 85.6 cm³/mol. The van der Waals surface area contributed by atoms with Crippen molar-refractivity contribution in [1.29, 1.82) is 0 Å². The van der Waals surface area contributed by atoms with Crippen molar-refractivity contribution in [3.05, 3.63) is 0 Å². The maximum absolute atomic E-state index is 11.4. The number of carbonyl (C=O) groups is 2. The van der Waals surface area contributed by atoms with Gasteiger partial charge in [0.2, 0.25) is 11.8 Å². The van der Waals surface area contributed by atoms with E-state index < -0.39 is 0 Å². The van der Waals surface area contributed by atoms with Crippen molar-refractivity contribution in [3.8, 4) is 0 Å². The van der Waals surface area contributed by atoms with Crippen LogP contribution in [-0.4, -0.2) is 23.9 Å². The molecule has 0 aliphatic carbocycles. The molecule has 4 heteroatoms. The minimum Gasteiger partial charge on any atom is -0.354 e. The van der Waals surface area contributed by atoms with Crippen molar-refractivity contribution >= 4 is 11.8 Å². The van der Waals surface area contributed by atoms with Crippen LogP contribution in [0, 0.1) is 0 Å². The Hall–Kier alpha value is -1.06. The van der Waals surface area contributed by atoms with E-state index in [4.69, 9.17) is 0 Å². The van der Waals surface area contributed by atoms with Gasteiger partial charge in [-0.05, 0) is 40.5 Å². The Balaban J connectivity index is 0. The zero-order chi connectivity index (χ0) is 14.7. The highest BCUT2D eigenvalue weighted by molar-refractivity contribution is 5.76. The van der Waals surface area contributed by atoms with Crippen molar-refractivity contribution in [1.82, 2.24) is 10.6 Å². The average Bonchev–Trinajstić information content (AvgIpc) is 2.25. The quantitative estimate of drug-likeness (QED) is 0.605. The standard InChI is InChI=1S/C15H30N2O2.CH4/c1-12(2)16-14(18)10-8-6-5-7-9-11-15(19)17-13(3)4;/h12-13H,5-11H2,1-4H3,(H,16,18)(H,17,19);1H4. The maximum Gasteiger partial charge on any atom is 0.220 e. The summed E-state index contributed by atoms with van der Waals surface area (Å²) in [7, 11) is 0. The van der Waals surface area contributed by atoms with Crippen LogP contribution in [0.1, 0.15) is 80.1 Å². The molecule has 120 valence electrons. The Kier molecular flexibility index (Phi) is 13.8. The number of nitrogens with one attached hydrogen (secondary N) is 2. The Morgan fingerprint density at radius 2 is 1.00 bits per heavy atom. The van der Waals surface area contributed by atoms with Crippen molar-refractivity contribution < 1.29 is 9.59 Å². The summed E-state index contributed by atoms with van der Waals surface area (Å²) in [6, 6.07) is 0.457. The summed E-state index contributed by atoms with van der Waals surface area (Å²) < 4.78 is 0. The molecule has 2 N–H and O–H groups in total. The third-order valence-corrected chi connectivity index (χ3v) is 2.71. The molecule has 0 saturated carbocycles. The zero-order valence-electron chi connectivity index (χ0n) is 12.9. The first-order valence-electron chi connectivity index (χ1n) is 7.50. The van der Waals surface area contributed by atoms with Gasteiger partial charge in [0.1, 0.15) is 0 Å². The van der Waals surface area contributed by atoms with E-state index in [1.807, 2.05) is 27.7 Å². The second-order valence-corrected chi connectivity index (χ2v) is 5.71. The first kappa shape index (κ1) is 21.2. The van der Waals surface area contributed by atoms with Crippen LogP contribution in [0.2, 0.25) is 0 Å². The van der Waals surface area contributed by atoms with Gasteiger partial charge in [-0.2, -0.15) is 0 Å². The van der Waals surface area contributed by atoms with Crippen LogP contribution in [-0.2, 0) is 9.59 Å². The molecule has 0 aliphatic rings. The van der Waals surface area contributed by atoms with E-state index in [1.54, 1.807) is 0 Å². The number of rotatable bonds is 10. The molecule has 0 aromatic carbocycles. The molecule has 0 unspecified atom stereocenters. The molecule has 20 heavy (non-hydrogen) atoms. The van der Waals surface area contributed by atoms with Crippen LogP contribution in [0.15, 0.2) is 0 Å². The lowest BCUT2D eigenvalue weighted by Gasteiger charge is -2.08. The van der Waals surface area contributed by atoms with Gasteiger partial charge in [0, 0.05) is 24.9 Å². The van der Waals surface area contributed by atoms with Gasteiger partial charge >= 0.3 is 0 Å². The lowest BCUT2D eigenvalue weighted by molar-refractivity contribution is -0.122. The Morgan fingerprint density at radius 1 is 0.700 bits per heavy atom. The number of carbonyl (C=O) groups excluding carboxylic acids is 2. The van der Waals surface area contributed by atoms with Gasteiger partial charge in [-0.1, -0.05) is 26.7 Å². The fraction of sp³-hybridized carbons (Fsp3) is 0.875. The summed E-state index contributed by atoms with van der Waals surface area (Å²) in [6.45, 7) is 7.89. The summed E-state index contributed by atoms with van der Waals surface area (Å²) in [4.78, 5) is 22.7. The van der Waals surface area contributed by atoms with Gasteiger partial charge in [0.15, 0.2) is 0 Å². The second-order valence-electron chi connectivity index (χ2n) is 5.71. The Morgan fingerprint density at radius 3 is 1.30 bits per heavy atom. The van der Waals surface area contributed by atoms with Crippen LogP contribution >= 0.6 is 0 Å². The molecule has 0 radical (unpaired) electrons. The second kappa shape index (κ2) is 12.9. The van der Waals surface area contributed by atoms with Crippen LogP contribution in [0.3, 0.4) is 0 Å². The molecule has 4 nitrogen and oxygen atoms in total.